The zero-order valence-electron chi connectivity index (χ0n) is 20.6. The number of carboxylic acids is 1. The summed E-state index contributed by atoms with van der Waals surface area (Å²) in [4.78, 5) is 39.0. The van der Waals surface area contributed by atoms with Gasteiger partial charge in [-0.15, -0.1) is 0 Å². The van der Waals surface area contributed by atoms with Crippen LogP contribution >= 0.6 is 0 Å². The first-order valence-electron chi connectivity index (χ1n) is 12.4. The topological polar surface area (TPSA) is 95.9 Å². The number of alkyl carbamates (subject to hydrolysis) is 1. The number of hydrogen-bond acceptors (Lipinski definition) is 4. The lowest BCUT2D eigenvalue weighted by Crippen LogP contribution is -2.50. The highest BCUT2D eigenvalue weighted by molar-refractivity contribution is 5.82. The highest BCUT2D eigenvalue weighted by atomic mass is 16.5. The van der Waals surface area contributed by atoms with E-state index in [1.165, 1.54) is 0 Å². The van der Waals surface area contributed by atoms with E-state index in [4.69, 9.17) is 4.74 Å². The summed E-state index contributed by atoms with van der Waals surface area (Å²) in [7, 11) is 0. The Morgan fingerprint density at radius 1 is 1.03 bits per heavy atom. The standard InChI is InChI=1S/C28H34N2O5/c1-17(2)24(26(31)30-14-18(3)12-19(15-30)27(32)33)13-29-28(34)35-16-25-22-10-6-4-8-20(22)21-9-5-7-11-23(21)25/h4-11,17-19,24-25H,12-16H2,1-3H3,(H,29,34)(H,32,33). The van der Waals surface area contributed by atoms with Gasteiger partial charge in [-0.3, -0.25) is 9.59 Å². The Bertz CT molecular complexity index is 1050. The zero-order valence-corrected chi connectivity index (χ0v) is 20.6. The van der Waals surface area contributed by atoms with E-state index in [-0.39, 0.29) is 43.4 Å². The number of aliphatic carboxylic acids is 1. The molecule has 4 rings (SSSR count). The van der Waals surface area contributed by atoms with Gasteiger partial charge in [0.2, 0.25) is 5.91 Å². The van der Waals surface area contributed by atoms with Crippen molar-refractivity contribution in [2.24, 2.45) is 23.7 Å². The van der Waals surface area contributed by atoms with Gasteiger partial charge >= 0.3 is 12.1 Å². The van der Waals surface area contributed by atoms with Gasteiger partial charge in [0.05, 0.1) is 11.8 Å². The first-order chi connectivity index (χ1) is 16.8. The molecule has 0 spiro atoms. The molecular formula is C28H34N2O5. The second-order valence-corrected chi connectivity index (χ2v) is 10.2. The molecule has 2 N–H and O–H groups in total. The lowest BCUT2D eigenvalue weighted by molar-refractivity contribution is -0.148. The third-order valence-corrected chi connectivity index (χ3v) is 7.25. The molecule has 0 aromatic heterocycles. The van der Waals surface area contributed by atoms with E-state index in [1.54, 1.807) is 4.90 Å². The molecule has 0 radical (unpaired) electrons. The predicted molar refractivity (Wildman–Crippen MR) is 133 cm³/mol. The molecule has 1 aliphatic heterocycles. The van der Waals surface area contributed by atoms with Gasteiger partial charge in [-0.1, -0.05) is 69.3 Å². The van der Waals surface area contributed by atoms with Crippen molar-refractivity contribution in [1.29, 1.82) is 0 Å². The molecule has 7 heteroatoms. The van der Waals surface area contributed by atoms with E-state index in [1.807, 2.05) is 45.0 Å². The molecule has 2 aromatic carbocycles. The van der Waals surface area contributed by atoms with Crippen molar-refractivity contribution in [3.05, 3.63) is 59.7 Å². The van der Waals surface area contributed by atoms with Crippen LogP contribution in [-0.2, 0) is 14.3 Å². The molecular weight excluding hydrogens is 444 g/mol. The number of fused-ring (bicyclic) bond motifs is 3. The van der Waals surface area contributed by atoms with E-state index < -0.39 is 23.9 Å². The summed E-state index contributed by atoms with van der Waals surface area (Å²) in [6, 6.07) is 16.3. The third-order valence-electron chi connectivity index (χ3n) is 7.25. The van der Waals surface area contributed by atoms with E-state index in [0.717, 1.165) is 22.3 Å². The average Bonchev–Trinajstić information content (AvgIpc) is 3.16. The summed E-state index contributed by atoms with van der Waals surface area (Å²) in [6.07, 6.45) is 0.0180. The van der Waals surface area contributed by atoms with Crippen LogP contribution in [0.25, 0.3) is 11.1 Å². The number of nitrogens with zero attached hydrogens (tertiary/aromatic N) is 1. The van der Waals surface area contributed by atoms with E-state index in [9.17, 15) is 19.5 Å². The van der Waals surface area contributed by atoms with Gasteiger partial charge in [-0.2, -0.15) is 0 Å². The molecule has 0 saturated carbocycles. The van der Waals surface area contributed by atoms with E-state index in [0.29, 0.717) is 13.0 Å². The first-order valence-corrected chi connectivity index (χ1v) is 12.4. The molecule has 3 unspecified atom stereocenters. The number of amides is 2. The summed E-state index contributed by atoms with van der Waals surface area (Å²) in [6.45, 7) is 6.95. The second-order valence-electron chi connectivity index (χ2n) is 10.2. The third kappa shape index (κ3) is 5.34. The predicted octanol–water partition coefficient (Wildman–Crippen LogP) is 4.37. The molecule has 186 valence electrons. The molecule has 0 bridgehead atoms. The SMILES string of the molecule is CC1CC(C(=O)O)CN(C(=O)C(CNC(=O)OCC2c3ccccc3-c3ccccc32)C(C)C)C1. The average molecular weight is 479 g/mol. The number of rotatable bonds is 7. The van der Waals surface area contributed by atoms with Gasteiger partial charge in [0, 0.05) is 25.6 Å². The van der Waals surface area contributed by atoms with E-state index in [2.05, 4.69) is 29.6 Å². The number of carbonyl (C=O) groups is 3. The lowest BCUT2D eigenvalue weighted by atomic mass is 9.88. The Morgan fingerprint density at radius 3 is 2.20 bits per heavy atom. The van der Waals surface area contributed by atoms with Gasteiger partial charge < -0.3 is 20.1 Å². The highest BCUT2D eigenvalue weighted by Gasteiger charge is 2.36. The molecule has 2 aliphatic rings. The fraction of sp³-hybridized carbons (Fsp3) is 0.464. The molecule has 1 fully saturated rings. The maximum Gasteiger partial charge on any atom is 0.407 e. The van der Waals surface area contributed by atoms with Crippen LogP contribution in [0.3, 0.4) is 0 Å². The highest BCUT2D eigenvalue weighted by Crippen LogP contribution is 2.44. The normalized spacial score (nSPS) is 20.2. The quantitative estimate of drug-likeness (QED) is 0.616. The van der Waals surface area contributed by atoms with Crippen LogP contribution in [0.4, 0.5) is 4.79 Å². The Morgan fingerprint density at radius 2 is 1.63 bits per heavy atom. The summed E-state index contributed by atoms with van der Waals surface area (Å²) >= 11 is 0. The number of carboxylic acid groups (broad SMARTS) is 1. The van der Waals surface area contributed by atoms with Gasteiger partial charge in [-0.25, -0.2) is 4.79 Å². The minimum Gasteiger partial charge on any atom is -0.481 e. The molecule has 2 amide bonds. The van der Waals surface area contributed by atoms with Crippen LogP contribution in [0, 0.1) is 23.7 Å². The lowest BCUT2D eigenvalue weighted by Gasteiger charge is -2.37. The maximum absolute atomic E-state index is 13.2. The molecule has 1 heterocycles. The Kier molecular flexibility index (Phi) is 7.43. The monoisotopic (exact) mass is 478 g/mol. The summed E-state index contributed by atoms with van der Waals surface area (Å²) in [5, 5.41) is 12.2. The summed E-state index contributed by atoms with van der Waals surface area (Å²) in [5.74, 6) is -1.91. The fourth-order valence-corrected chi connectivity index (χ4v) is 5.40. The molecule has 7 nitrogen and oxygen atoms in total. The maximum atomic E-state index is 13.2. The summed E-state index contributed by atoms with van der Waals surface area (Å²) < 4.78 is 5.61. The van der Waals surface area contributed by atoms with Crippen molar-refractivity contribution in [2.45, 2.75) is 33.1 Å². The summed E-state index contributed by atoms with van der Waals surface area (Å²) in [5.41, 5.74) is 4.61. The largest absolute Gasteiger partial charge is 0.481 e. The second kappa shape index (κ2) is 10.5. The van der Waals surface area contributed by atoms with Crippen molar-refractivity contribution < 1.29 is 24.2 Å². The van der Waals surface area contributed by atoms with Gasteiger partial charge in [0.15, 0.2) is 0 Å². The first kappa shape index (κ1) is 24.8. The van der Waals surface area contributed by atoms with Crippen molar-refractivity contribution in [3.8, 4) is 11.1 Å². The molecule has 3 atom stereocenters. The smallest absolute Gasteiger partial charge is 0.407 e. The number of benzene rings is 2. The number of piperidine rings is 1. The van der Waals surface area contributed by atoms with Crippen molar-refractivity contribution in [2.75, 3.05) is 26.2 Å². The van der Waals surface area contributed by atoms with Crippen molar-refractivity contribution in [1.82, 2.24) is 10.2 Å². The van der Waals surface area contributed by atoms with E-state index >= 15 is 0 Å². The Balaban J connectivity index is 1.36. The molecule has 1 aliphatic carbocycles. The minimum absolute atomic E-state index is 0.0168. The number of ether oxygens (including phenoxy) is 1. The number of likely N-dealkylation sites (tertiary alicyclic amines) is 1. The number of carbonyl (C=O) groups excluding carboxylic acids is 2. The minimum atomic E-state index is -0.868. The number of nitrogens with one attached hydrogen (secondary N) is 1. The van der Waals surface area contributed by atoms with Crippen LogP contribution < -0.4 is 5.32 Å². The van der Waals surface area contributed by atoms with Crippen LogP contribution in [0.15, 0.2) is 48.5 Å². The van der Waals surface area contributed by atoms with Crippen LogP contribution in [-0.4, -0.2) is 54.2 Å². The van der Waals surface area contributed by atoms with Gasteiger partial charge in [0.1, 0.15) is 6.61 Å². The van der Waals surface area contributed by atoms with Crippen molar-refractivity contribution in [3.63, 3.8) is 0 Å². The molecule has 2 aromatic rings. The van der Waals surface area contributed by atoms with Crippen LogP contribution in [0.5, 0.6) is 0 Å². The van der Waals surface area contributed by atoms with Crippen LogP contribution in [0.1, 0.15) is 44.2 Å². The van der Waals surface area contributed by atoms with Gasteiger partial charge in [0.25, 0.3) is 0 Å². The molecule has 1 saturated heterocycles. The zero-order chi connectivity index (χ0) is 25.1. The van der Waals surface area contributed by atoms with Crippen LogP contribution in [0.2, 0.25) is 0 Å². The Hall–Kier alpha value is -3.35. The number of hydrogen-bond donors (Lipinski definition) is 2. The fourth-order valence-electron chi connectivity index (χ4n) is 5.40. The van der Waals surface area contributed by atoms with Crippen molar-refractivity contribution >= 4 is 18.0 Å². The van der Waals surface area contributed by atoms with Gasteiger partial charge in [-0.05, 0) is 40.5 Å². The molecule has 35 heavy (non-hydrogen) atoms. The Labute approximate surface area is 206 Å².